The van der Waals surface area contributed by atoms with Crippen LogP contribution >= 0.6 is 0 Å². The normalized spacial score (nSPS) is 10.6. The molecule has 0 aliphatic heterocycles. The van der Waals surface area contributed by atoms with Crippen molar-refractivity contribution < 1.29 is 18.1 Å². The minimum atomic E-state index is -0.545. The summed E-state index contributed by atoms with van der Waals surface area (Å²) < 4.78 is 23.0. The average molecular weight is 287 g/mol. The molecule has 6 nitrogen and oxygen atoms in total. The van der Waals surface area contributed by atoms with Gasteiger partial charge < -0.3 is 8.94 Å². The number of oxazole rings is 1. The first kappa shape index (κ1) is 13.0. The Morgan fingerprint density at radius 2 is 2.05 bits per heavy atom. The number of amides is 1. The first-order valence-corrected chi connectivity index (χ1v) is 6.08. The van der Waals surface area contributed by atoms with E-state index in [-0.39, 0.29) is 17.5 Å². The third-order valence-corrected chi connectivity index (χ3v) is 2.70. The molecule has 0 radical (unpaired) electrons. The summed E-state index contributed by atoms with van der Waals surface area (Å²) in [7, 11) is 0. The summed E-state index contributed by atoms with van der Waals surface area (Å²) in [5.41, 5.74) is 0.625. The second-order valence-electron chi connectivity index (χ2n) is 4.31. The van der Waals surface area contributed by atoms with Gasteiger partial charge in [-0.3, -0.25) is 10.1 Å². The molecule has 3 rings (SSSR count). The lowest BCUT2D eigenvalue weighted by Gasteiger charge is -1.97. The number of carbonyl (C=O) groups is 1. The molecular formula is C14H10FN3O3. The molecule has 0 saturated heterocycles. The summed E-state index contributed by atoms with van der Waals surface area (Å²) >= 11 is 0. The maximum atomic E-state index is 12.9. The Hall–Kier alpha value is -2.96. The SMILES string of the molecule is Cc1cc(NC(=O)c2ncc(-c3ccc(F)cc3)o2)no1. The van der Waals surface area contributed by atoms with Crippen LogP contribution in [-0.4, -0.2) is 16.0 Å². The van der Waals surface area contributed by atoms with E-state index in [1.807, 2.05) is 0 Å². The van der Waals surface area contributed by atoms with E-state index in [0.29, 0.717) is 17.1 Å². The number of nitrogens with zero attached hydrogens (tertiary/aromatic N) is 2. The molecule has 0 aliphatic rings. The Bertz CT molecular complexity index is 777. The predicted molar refractivity (Wildman–Crippen MR) is 71.1 cm³/mol. The maximum absolute atomic E-state index is 12.9. The van der Waals surface area contributed by atoms with Crippen LogP contribution in [-0.2, 0) is 0 Å². The van der Waals surface area contributed by atoms with Gasteiger partial charge in [-0.05, 0) is 31.2 Å². The molecule has 7 heteroatoms. The number of hydrogen-bond donors (Lipinski definition) is 1. The molecular weight excluding hydrogens is 277 g/mol. The number of halogens is 1. The van der Waals surface area contributed by atoms with E-state index in [2.05, 4.69) is 15.5 Å². The summed E-state index contributed by atoms with van der Waals surface area (Å²) in [6.07, 6.45) is 1.40. The number of hydrogen-bond acceptors (Lipinski definition) is 5. The second kappa shape index (κ2) is 5.20. The Kier molecular flexibility index (Phi) is 3.23. The van der Waals surface area contributed by atoms with E-state index in [1.54, 1.807) is 25.1 Å². The highest BCUT2D eigenvalue weighted by atomic mass is 19.1. The van der Waals surface area contributed by atoms with E-state index in [0.717, 1.165) is 0 Å². The predicted octanol–water partition coefficient (Wildman–Crippen LogP) is 3.03. The van der Waals surface area contributed by atoms with Crippen molar-refractivity contribution >= 4 is 11.7 Å². The van der Waals surface area contributed by atoms with Gasteiger partial charge in [0.1, 0.15) is 11.6 Å². The minimum Gasteiger partial charge on any atom is -0.432 e. The summed E-state index contributed by atoms with van der Waals surface area (Å²) in [6, 6.07) is 7.25. The number of nitrogens with one attached hydrogen (secondary N) is 1. The largest absolute Gasteiger partial charge is 0.432 e. The van der Waals surface area contributed by atoms with Gasteiger partial charge in [0.25, 0.3) is 5.89 Å². The van der Waals surface area contributed by atoms with Crippen LogP contribution < -0.4 is 5.32 Å². The monoisotopic (exact) mass is 287 g/mol. The zero-order chi connectivity index (χ0) is 14.8. The molecule has 0 fully saturated rings. The summed E-state index contributed by atoms with van der Waals surface area (Å²) in [5.74, 6) is 0.212. The maximum Gasteiger partial charge on any atom is 0.312 e. The molecule has 106 valence electrons. The van der Waals surface area contributed by atoms with Gasteiger partial charge in [-0.15, -0.1) is 0 Å². The van der Waals surface area contributed by atoms with Crippen LogP contribution in [0.15, 0.2) is 45.5 Å². The molecule has 0 aliphatic carbocycles. The fourth-order valence-corrected chi connectivity index (χ4v) is 1.72. The molecule has 21 heavy (non-hydrogen) atoms. The minimum absolute atomic E-state index is 0.116. The van der Waals surface area contributed by atoms with Crippen molar-refractivity contribution in [2.75, 3.05) is 5.32 Å². The first-order chi connectivity index (χ1) is 10.1. The highest BCUT2D eigenvalue weighted by Crippen LogP contribution is 2.21. The Balaban J connectivity index is 1.78. The topological polar surface area (TPSA) is 81.2 Å². The van der Waals surface area contributed by atoms with Gasteiger partial charge in [0.2, 0.25) is 0 Å². The van der Waals surface area contributed by atoms with Gasteiger partial charge in [0, 0.05) is 11.6 Å². The molecule has 1 N–H and O–H groups in total. The molecule has 2 heterocycles. The molecule has 1 amide bonds. The van der Waals surface area contributed by atoms with Gasteiger partial charge in [-0.1, -0.05) is 5.16 Å². The zero-order valence-electron chi connectivity index (χ0n) is 11.0. The van der Waals surface area contributed by atoms with Crippen LogP contribution in [0.5, 0.6) is 0 Å². The van der Waals surface area contributed by atoms with Crippen LogP contribution in [0.4, 0.5) is 10.2 Å². The van der Waals surface area contributed by atoms with Gasteiger partial charge in [-0.25, -0.2) is 9.37 Å². The quantitative estimate of drug-likeness (QED) is 0.800. The lowest BCUT2D eigenvalue weighted by atomic mass is 10.2. The summed E-state index contributed by atoms with van der Waals surface area (Å²) in [5, 5.41) is 6.13. The van der Waals surface area contributed by atoms with Crippen molar-refractivity contribution in [2.24, 2.45) is 0 Å². The van der Waals surface area contributed by atoms with Crippen LogP contribution in [0.1, 0.15) is 16.4 Å². The standard InChI is InChI=1S/C14H10FN3O3/c1-8-6-12(18-21-8)17-13(19)14-16-7-11(20-14)9-2-4-10(15)5-3-9/h2-7H,1H3,(H,17,18,19). The lowest BCUT2D eigenvalue weighted by Crippen LogP contribution is -2.12. The highest BCUT2D eigenvalue weighted by molar-refractivity contribution is 6.00. The van der Waals surface area contributed by atoms with Gasteiger partial charge in [-0.2, -0.15) is 0 Å². The fraction of sp³-hybridized carbons (Fsp3) is 0.0714. The van der Waals surface area contributed by atoms with Crippen LogP contribution in [0.25, 0.3) is 11.3 Å². The molecule has 0 saturated carbocycles. The van der Waals surface area contributed by atoms with Gasteiger partial charge in [0.15, 0.2) is 11.6 Å². The number of anilines is 1. The second-order valence-corrected chi connectivity index (χ2v) is 4.31. The third kappa shape index (κ3) is 2.81. The Labute approximate surface area is 118 Å². The van der Waals surface area contributed by atoms with Crippen molar-refractivity contribution in [3.63, 3.8) is 0 Å². The lowest BCUT2D eigenvalue weighted by molar-refractivity contribution is 0.0990. The van der Waals surface area contributed by atoms with Gasteiger partial charge >= 0.3 is 5.91 Å². The number of aromatic nitrogens is 2. The molecule has 3 aromatic rings. The van der Waals surface area contributed by atoms with Crippen LogP contribution in [0, 0.1) is 12.7 Å². The Morgan fingerprint density at radius 1 is 1.29 bits per heavy atom. The number of rotatable bonds is 3. The molecule has 0 unspecified atom stereocenters. The molecule has 0 spiro atoms. The Morgan fingerprint density at radius 3 is 2.71 bits per heavy atom. The van der Waals surface area contributed by atoms with Gasteiger partial charge in [0.05, 0.1) is 6.20 Å². The van der Waals surface area contributed by atoms with E-state index < -0.39 is 5.91 Å². The molecule has 0 bridgehead atoms. The van der Waals surface area contributed by atoms with Crippen LogP contribution in [0.3, 0.4) is 0 Å². The molecule has 0 atom stereocenters. The zero-order valence-corrected chi connectivity index (χ0v) is 11.0. The summed E-state index contributed by atoms with van der Waals surface area (Å²) in [6.45, 7) is 1.71. The highest BCUT2D eigenvalue weighted by Gasteiger charge is 2.16. The number of aryl methyl sites for hydroxylation is 1. The van der Waals surface area contributed by atoms with E-state index >= 15 is 0 Å². The fourth-order valence-electron chi connectivity index (χ4n) is 1.72. The molecule has 1 aromatic carbocycles. The van der Waals surface area contributed by atoms with E-state index in [4.69, 9.17) is 8.94 Å². The number of carbonyl (C=O) groups excluding carboxylic acids is 1. The van der Waals surface area contributed by atoms with Crippen LogP contribution in [0.2, 0.25) is 0 Å². The number of benzene rings is 1. The van der Waals surface area contributed by atoms with E-state index in [1.165, 1.54) is 18.3 Å². The van der Waals surface area contributed by atoms with Crippen molar-refractivity contribution in [3.05, 3.63) is 54.0 Å². The average Bonchev–Trinajstić information content (AvgIpc) is 3.09. The summed E-state index contributed by atoms with van der Waals surface area (Å²) in [4.78, 5) is 15.8. The first-order valence-electron chi connectivity index (χ1n) is 6.08. The smallest absolute Gasteiger partial charge is 0.312 e. The van der Waals surface area contributed by atoms with Crippen molar-refractivity contribution in [1.82, 2.24) is 10.1 Å². The van der Waals surface area contributed by atoms with Crippen molar-refractivity contribution in [3.8, 4) is 11.3 Å². The van der Waals surface area contributed by atoms with Crippen molar-refractivity contribution in [1.29, 1.82) is 0 Å². The third-order valence-electron chi connectivity index (χ3n) is 2.70. The molecule has 2 aromatic heterocycles. The van der Waals surface area contributed by atoms with E-state index in [9.17, 15) is 9.18 Å². The van der Waals surface area contributed by atoms with Crippen molar-refractivity contribution in [2.45, 2.75) is 6.92 Å².